The molecule has 1 aromatic carbocycles. The highest BCUT2D eigenvalue weighted by Gasteiger charge is 2.48. The van der Waals surface area contributed by atoms with E-state index in [2.05, 4.69) is 12.3 Å². The first-order chi connectivity index (χ1) is 13.4. The largest absolute Gasteiger partial charge is 0.465 e. The summed E-state index contributed by atoms with van der Waals surface area (Å²) in [6.45, 7) is 8.61. The Balaban J connectivity index is 2.66. The second kappa shape index (κ2) is 9.20. The number of fused-ring (bicyclic) bond motifs is 1. The molecule has 0 atom stereocenters. The molecule has 0 aliphatic carbocycles. The van der Waals surface area contributed by atoms with E-state index in [4.69, 9.17) is 9.47 Å². The molecule has 6 heteroatoms. The average molecular weight is 383 g/mol. The standard InChI is InChI=1S/C22H25NO5/c1-5-8-13-22(20(25)27-6-2,21(26)28-7-3)14-17-15-23(16(4)24)19-12-10-9-11-18(17)19/h8-12,15H,1,6-7,13-14H2,2-4H3. The lowest BCUT2D eigenvalue weighted by Crippen LogP contribution is -2.43. The highest BCUT2D eigenvalue weighted by Crippen LogP contribution is 2.35. The number of benzene rings is 1. The summed E-state index contributed by atoms with van der Waals surface area (Å²) < 4.78 is 12.0. The summed E-state index contributed by atoms with van der Waals surface area (Å²) in [5, 5.41) is 0.790. The minimum Gasteiger partial charge on any atom is -0.465 e. The Hall–Kier alpha value is -3.11. The molecule has 0 unspecified atom stereocenters. The summed E-state index contributed by atoms with van der Waals surface area (Å²) in [6.07, 6.45) is 3.26. The van der Waals surface area contributed by atoms with Crippen molar-refractivity contribution in [3.63, 3.8) is 0 Å². The fourth-order valence-corrected chi connectivity index (χ4v) is 3.23. The highest BCUT2D eigenvalue weighted by molar-refractivity contribution is 6.02. The fraction of sp³-hybridized carbons (Fsp3) is 0.364. The second-order valence-electron chi connectivity index (χ2n) is 6.37. The lowest BCUT2D eigenvalue weighted by atomic mass is 9.78. The van der Waals surface area contributed by atoms with Gasteiger partial charge in [0.1, 0.15) is 0 Å². The third kappa shape index (κ3) is 4.07. The van der Waals surface area contributed by atoms with Gasteiger partial charge in [0.2, 0.25) is 5.91 Å². The second-order valence-corrected chi connectivity index (χ2v) is 6.37. The van der Waals surface area contributed by atoms with Crippen LogP contribution in [0.1, 0.15) is 37.6 Å². The number of ether oxygens (including phenoxy) is 2. The number of hydrogen-bond donors (Lipinski definition) is 0. The minimum atomic E-state index is -1.58. The van der Waals surface area contributed by atoms with Crippen LogP contribution in [0.5, 0.6) is 0 Å². The van der Waals surface area contributed by atoms with Crippen LogP contribution in [0, 0.1) is 5.41 Å². The zero-order chi connectivity index (χ0) is 20.7. The Morgan fingerprint density at radius 2 is 1.75 bits per heavy atom. The molecule has 1 heterocycles. The van der Waals surface area contributed by atoms with Crippen LogP contribution in [0.3, 0.4) is 0 Å². The summed E-state index contributed by atoms with van der Waals surface area (Å²) in [7, 11) is 0. The Kier molecular flexibility index (Phi) is 6.96. The molecular formula is C22H25NO5. The maximum absolute atomic E-state index is 12.9. The van der Waals surface area contributed by atoms with Gasteiger partial charge in [-0.1, -0.05) is 24.8 Å². The molecule has 0 aliphatic rings. The van der Waals surface area contributed by atoms with Crippen molar-refractivity contribution in [3.05, 3.63) is 54.4 Å². The number of nitrogens with zero attached hydrogens (tertiary/aromatic N) is 1. The molecule has 0 radical (unpaired) electrons. The van der Waals surface area contributed by atoms with E-state index in [1.54, 1.807) is 20.0 Å². The monoisotopic (exact) mass is 383 g/mol. The molecule has 0 N–H and O–H groups in total. The van der Waals surface area contributed by atoms with Gasteiger partial charge in [-0.2, -0.15) is 0 Å². The Bertz CT molecular complexity index is 916. The molecule has 28 heavy (non-hydrogen) atoms. The van der Waals surface area contributed by atoms with E-state index in [0.29, 0.717) is 11.1 Å². The Morgan fingerprint density at radius 1 is 1.14 bits per heavy atom. The van der Waals surface area contributed by atoms with Crippen LogP contribution in [0.4, 0.5) is 0 Å². The Labute approximate surface area is 164 Å². The lowest BCUT2D eigenvalue weighted by molar-refractivity contribution is -0.171. The number of carbonyl (C=O) groups excluding carboxylic acids is 3. The molecule has 1 aromatic heterocycles. The normalized spacial score (nSPS) is 11.0. The van der Waals surface area contributed by atoms with Crippen LogP contribution < -0.4 is 0 Å². The topological polar surface area (TPSA) is 74.6 Å². The zero-order valence-electron chi connectivity index (χ0n) is 16.5. The molecule has 0 saturated carbocycles. The van der Waals surface area contributed by atoms with Crippen molar-refractivity contribution in [1.29, 1.82) is 0 Å². The van der Waals surface area contributed by atoms with Gasteiger partial charge in [0.25, 0.3) is 0 Å². The third-order valence-electron chi connectivity index (χ3n) is 4.55. The first-order valence-electron chi connectivity index (χ1n) is 9.19. The van der Waals surface area contributed by atoms with Crippen molar-refractivity contribution < 1.29 is 23.9 Å². The molecule has 0 saturated heterocycles. The van der Waals surface area contributed by atoms with Crippen molar-refractivity contribution in [2.45, 2.75) is 33.6 Å². The van der Waals surface area contributed by atoms with Crippen molar-refractivity contribution in [2.75, 3.05) is 13.2 Å². The first-order valence-corrected chi connectivity index (χ1v) is 9.19. The van der Waals surface area contributed by atoms with Crippen LogP contribution in [0.15, 0.2) is 48.8 Å². The zero-order valence-corrected chi connectivity index (χ0v) is 16.5. The number of rotatable bonds is 8. The van der Waals surface area contributed by atoms with Gasteiger partial charge in [0.15, 0.2) is 5.41 Å². The molecule has 0 fully saturated rings. The van der Waals surface area contributed by atoms with E-state index >= 15 is 0 Å². The third-order valence-corrected chi connectivity index (χ3v) is 4.55. The van der Waals surface area contributed by atoms with Gasteiger partial charge in [-0.25, -0.2) is 0 Å². The molecule has 2 rings (SSSR count). The molecular weight excluding hydrogens is 358 g/mol. The smallest absolute Gasteiger partial charge is 0.324 e. The van der Waals surface area contributed by atoms with E-state index in [0.717, 1.165) is 5.39 Å². The average Bonchev–Trinajstić information content (AvgIpc) is 3.04. The predicted molar refractivity (Wildman–Crippen MR) is 106 cm³/mol. The molecule has 148 valence electrons. The van der Waals surface area contributed by atoms with E-state index in [9.17, 15) is 14.4 Å². The summed E-state index contributed by atoms with van der Waals surface area (Å²) in [4.78, 5) is 37.8. The molecule has 0 bridgehead atoms. The van der Waals surface area contributed by atoms with E-state index in [1.807, 2.05) is 24.3 Å². The van der Waals surface area contributed by atoms with Gasteiger partial charge in [0, 0.05) is 24.9 Å². The maximum Gasteiger partial charge on any atom is 0.324 e. The number of aromatic nitrogens is 1. The van der Waals surface area contributed by atoms with Gasteiger partial charge in [-0.3, -0.25) is 19.0 Å². The summed E-state index contributed by atoms with van der Waals surface area (Å²) in [5.41, 5.74) is 2.43. The van der Waals surface area contributed by atoms with Gasteiger partial charge in [-0.05, 0) is 38.0 Å². The summed E-state index contributed by atoms with van der Waals surface area (Å²) in [5.74, 6) is -1.49. The predicted octanol–water partition coefficient (Wildman–Crippen LogP) is 3.69. The number of esters is 2. The quantitative estimate of drug-likeness (QED) is 0.395. The number of allylic oxidation sites excluding steroid dienone is 1. The van der Waals surface area contributed by atoms with Crippen LogP contribution in [0.25, 0.3) is 10.9 Å². The van der Waals surface area contributed by atoms with E-state index in [1.165, 1.54) is 17.6 Å². The van der Waals surface area contributed by atoms with Crippen molar-refractivity contribution >= 4 is 28.7 Å². The fourth-order valence-electron chi connectivity index (χ4n) is 3.23. The Morgan fingerprint density at radius 3 is 2.29 bits per heavy atom. The van der Waals surface area contributed by atoms with Crippen LogP contribution >= 0.6 is 0 Å². The van der Waals surface area contributed by atoms with E-state index in [-0.39, 0.29) is 32.0 Å². The van der Waals surface area contributed by atoms with Crippen molar-refractivity contribution in [3.8, 4) is 0 Å². The van der Waals surface area contributed by atoms with Crippen LogP contribution in [-0.2, 0) is 25.5 Å². The van der Waals surface area contributed by atoms with Crippen LogP contribution in [0.2, 0.25) is 0 Å². The summed E-state index contributed by atoms with van der Waals surface area (Å²) in [6, 6.07) is 7.35. The number of carbonyl (C=O) groups is 3. The van der Waals surface area contributed by atoms with Gasteiger partial charge < -0.3 is 9.47 Å². The molecule has 6 nitrogen and oxygen atoms in total. The van der Waals surface area contributed by atoms with Gasteiger partial charge >= 0.3 is 11.9 Å². The van der Waals surface area contributed by atoms with Gasteiger partial charge in [-0.15, -0.1) is 5.73 Å². The highest BCUT2D eigenvalue weighted by atomic mass is 16.6. The molecule has 2 aromatic rings. The number of hydrogen-bond acceptors (Lipinski definition) is 5. The number of para-hydroxylation sites is 1. The van der Waals surface area contributed by atoms with E-state index < -0.39 is 17.4 Å². The van der Waals surface area contributed by atoms with Crippen molar-refractivity contribution in [1.82, 2.24) is 4.57 Å². The van der Waals surface area contributed by atoms with Gasteiger partial charge in [0.05, 0.1) is 18.7 Å². The molecule has 0 amide bonds. The lowest BCUT2D eigenvalue weighted by Gasteiger charge is -2.27. The molecule has 0 aliphatic heterocycles. The first kappa shape index (κ1) is 21.2. The SMILES string of the molecule is C=C=CCC(Cc1cn(C(C)=O)c2ccccc12)(C(=O)OCC)C(=O)OCC. The van der Waals surface area contributed by atoms with Crippen molar-refractivity contribution in [2.24, 2.45) is 5.41 Å². The summed E-state index contributed by atoms with van der Waals surface area (Å²) >= 11 is 0. The van der Waals surface area contributed by atoms with Crippen LogP contribution in [-0.4, -0.2) is 35.6 Å². The maximum atomic E-state index is 12.9. The minimum absolute atomic E-state index is 0.0314. The molecule has 0 spiro atoms.